The van der Waals surface area contributed by atoms with E-state index in [2.05, 4.69) is 50.9 Å². The molecule has 2 aromatic rings. The van der Waals surface area contributed by atoms with Crippen LogP contribution in [0.15, 0.2) is 38.6 Å². The monoisotopic (exact) mass is 359 g/mol. The lowest BCUT2D eigenvalue weighted by Crippen LogP contribution is -2.12. The smallest absolute Gasteiger partial charge is 0.0704 e. The maximum absolute atomic E-state index is 6.29. The zero-order valence-electron chi connectivity index (χ0n) is 8.71. The topological polar surface area (TPSA) is 26.0 Å². The number of hydrogen-bond donors (Lipinski definition) is 1. The molecule has 0 aliphatic carbocycles. The van der Waals surface area contributed by atoms with Crippen LogP contribution < -0.4 is 5.73 Å². The Balaban J connectivity index is 2.43. The minimum Gasteiger partial charge on any atom is -0.320 e. The van der Waals surface area contributed by atoms with Crippen LogP contribution in [-0.4, -0.2) is 0 Å². The Bertz CT molecular complexity index is 507. The molecule has 1 unspecified atom stereocenters. The molecule has 0 aliphatic rings. The van der Waals surface area contributed by atoms with Crippen molar-refractivity contribution in [1.82, 2.24) is 0 Å². The molecule has 0 amide bonds. The molecule has 2 N–H and O–H groups in total. The molecular weight excluding hydrogens is 350 g/mol. The second-order valence-corrected chi connectivity index (χ2v) is 7.05. The molecule has 16 heavy (non-hydrogen) atoms. The van der Waals surface area contributed by atoms with Gasteiger partial charge >= 0.3 is 0 Å². The quantitative estimate of drug-likeness (QED) is 0.830. The summed E-state index contributed by atoms with van der Waals surface area (Å²) < 4.78 is 2.19. The first kappa shape index (κ1) is 12.3. The van der Waals surface area contributed by atoms with E-state index in [1.807, 2.05) is 18.2 Å². The van der Waals surface area contributed by atoms with Crippen LogP contribution in [0.25, 0.3) is 0 Å². The molecule has 0 saturated heterocycles. The number of halogens is 2. The number of thiophene rings is 1. The van der Waals surface area contributed by atoms with E-state index in [1.165, 1.54) is 10.4 Å². The van der Waals surface area contributed by atoms with Gasteiger partial charge in [0.2, 0.25) is 0 Å². The average Bonchev–Trinajstić information content (AvgIpc) is 2.58. The Morgan fingerprint density at radius 3 is 2.44 bits per heavy atom. The van der Waals surface area contributed by atoms with E-state index in [-0.39, 0.29) is 6.04 Å². The molecule has 2 rings (SSSR count). The Labute approximate surface area is 116 Å². The molecule has 0 aliphatic heterocycles. The summed E-state index contributed by atoms with van der Waals surface area (Å²) in [6.07, 6.45) is 0. The fourth-order valence-electron chi connectivity index (χ4n) is 1.66. The zero-order valence-corrected chi connectivity index (χ0v) is 12.7. The first-order valence-corrected chi connectivity index (χ1v) is 7.25. The van der Waals surface area contributed by atoms with Gasteiger partial charge in [-0.15, -0.1) is 11.3 Å². The van der Waals surface area contributed by atoms with Crippen LogP contribution in [0.4, 0.5) is 0 Å². The standard InChI is InChI=1S/C12H11Br2NS/c1-7-9(6-11(14)16-7)12(15)8-4-2-3-5-10(8)13/h2-6,12H,15H2,1H3. The summed E-state index contributed by atoms with van der Waals surface area (Å²) in [7, 11) is 0. The third-order valence-corrected chi connectivity index (χ3v) is 4.79. The maximum Gasteiger partial charge on any atom is 0.0704 e. The Morgan fingerprint density at radius 2 is 1.88 bits per heavy atom. The van der Waals surface area contributed by atoms with E-state index in [0.29, 0.717) is 0 Å². The highest BCUT2D eigenvalue weighted by atomic mass is 79.9. The number of aryl methyl sites for hydroxylation is 1. The van der Waals surface area contributed by atoms with Crippen LogP contribution in [0, 0.1) is 6.92 Å². The van der Waals surface area contributed by atoms with Crippen LogP contribution in [0.2, 0.25) is 0 Å². The third kappa shape index (κ3) is 2.40. The average molecular weight is 361 g/mol. The zero-order chi connectivity index (χ0) is 11.7. The lowest BCUT2D eigenvalue weighted by molar-refractivity contribution is 0.863. The summed E-state index contributed by atoms with van der Waals surface area (Å²) in [5, 5.41) is 0. The van der Waals surface area contributed by atoms with Gasteiger partial charge in [-0.3, -0.25) is 0 Å². The van der Waals surface area contributed by atoms with E-state index >= 15 is 0 Å². The summed E-state index contributed by atoms with van der Waals surface area (Å²) in [6, 6.07) is 10.1. The predicted molar refractivity (Wildman–Crippen MR) is 76.9 cm³/mol. The maximum atomic E-state index is 6.29. The van der Waals surface area contributed by atoms with Gasteiger partial charge in [-0.1, -0.05) is 34.1 Å². The van der Waals surface area contributed by atoms with Crippen molar-refractivity contribution in [3.63, 3.8) is 0 Å². The van der Waals surface area contributed by atoms with Crippen LogP contribution in [0.1, 0.15) is 22.0 Å². The predicted octanol–water partition coefficient (Wildman–Crippen LogP) is 4.63. The summed E-state index contributed by atoms with van der Waals surface area (Å²) in [4.78, 5) is 1.26. The van der Waals surface area contributed by atoms with E-state index in [4.69, 9.17) is 5.73 Å². The van der Waals surface area contributed by atoms with Crippen molar-refractivity contribution >= 4 is 43.2 Å². The molecule has 1 heterocycles. The van der Waals surface area contributed by atoms with E-state index < -0.39 is 0 Å². The van der Waals surface area contributed by atoms with Crippen molar-refractivity contribution < 1.29 is 0 Å². The number of benzene rings is 1. The minimum atomic E-state index is -0.0712. The fourth-order valence-corrected chi connectivity index (χ4v) is 3.95. The molecule has 1 atom stereocenters. The first-order chi connectivity index (χ1) is 7.59. The van der Waals surface area contributed by atoms with Gasteiger partial charge in [0.15, 0.2) is 0 Å². The van der Waals surface area contributed by atoms with E-state index in [0.717, 1.165) is 13.8 Å². The van der Waals surface area contributed by atoms with Gasteiger partial charge in [-0.05, 0) is 46.1 Å². The number of hydrogen-bond acceptors (Lipinski definition) is 2. The minimum absolute atomic E-state index is 0.0712. The van der Waals surface area contributed by atoms with Crippen LogP contribution in [0.3, 0.4) is 0 Å². The highest BCUT2D eigenvalue weighted by Crippen LogP contribution is 2.34. The van der Waals surface area contributed by atoms with Crippen molar-refractivity contribution in [2.75, 3.05) is 0 Å². The van der Waals surface area contributed by atoms with Crippen molar-refractivity contribution in [2.24, 2.45) is 5.73 Å². The Kier molecular flexibility index (Phi) is 3.85. The summed E-state index contributed by atoms with van der Waals surface area (Å²) in [6.45, 7) is 2.10. The van der Waals surface area contributed by atoms with Gasteiger partial charge in [0.05, 0.1) is 9.83 Å². The second kappa shape index (κ2) is 5.00. The Hall–Kier alpha value is -0.160. The van der Waals surface area contributed by atoms with Gasteiger partial charge < -0.3 is 5.73 Å². The molecule has 0 saturated carbocycles. The van der Waals surface area contributed by atoms with Crippen LogP contribution >= 0.6 is 43.2 Å². The van der Waals surface area contributed by atoms with Gasteiger partial charge in [0.1, 0.15) is 0 Å². The van der Waals surface area contributed by atoms with Crippen molar-refractivity contribution in [3.05, 3.63) is 54.6 Å². The van der Waals surface area contributed by atoms with Crippen molar-refractivity contribution in [3.8, 4) is 0 Å². The van der Waals surface area contributed by atoms with E-state index in [9.17, 15) is 0 Å². The van der Waals surface area contributed by atoms with Gasteiger partial charge in [0, 0.05) is 9.35 Å². The first-order valence-electron chi connectivity index (χ1n) is 4.85. The largest absolute Gasteiger partial charge is 0.320 e. The molecule has 1 nitrogen and oxygen atoms in total. The molecule has 84 valence electrons. The Morgan fingerprint density at radius 1 is 1.19 bits per heavy atom. The van der Waals surface area contributed by atoms with Crippen molar-refractivity contribution in [2.45, 2.75) is 13.0 Å². The van der Waals surface area contributed by atoms with Gasteiger partial charge in [0.25, 0.3) is 0 Å². The third-order valence-electron chi connectivity index (χ3n) is 2.50. The lowest BCUT2D eigenvalue weighted by Gasteiger charge is -2.13. The van der Waals surface area contributed by atoms with E-state index in [1.54, 1.807) is 11.3 Å². The number of nitrogens with two attached hydrogens (primary N) is 1. The number of rotatable bonds is 2. The molecule has 0 bridgehead atoms. The van der Waals surface area contributed by atoms with Crippen molar-refractivity contribution in [1.29, 1.82) is 0 Å². The normalized spacial score (nSPS) is 12.8. The second-order valence-electron chi connectivity index (χ2n) is 3.56. The molecule has 4 heteroatoms. The summed E-state index contributed by atoms with van der Waals surface area (Å²) >= 11 is 8.75. The molecule has 1 aromatic heterocycles. The summed E-state index contributed by atoms with van der Waals surface area (Å²) in [5.74, 6) is 0. The molecule has 0 spiro atoms. The lowest BCUT2D eigenvalue weighted by atomic mass is 10.0. The van der Waals surface area contributed by atoms with Crippen LogP contribution in [-0.2, 0) is 0 Å². The highest BCUT2D eigenvalue weighted by Gasteiger charge is 2.15. The molecular formula is C12H11Br2NS. The van der Waals surface area contributed by atoms with Crippen LogP contribution in [0.5, 0.6) is 0 Å². The van der Waals surface area contributed by atoms with Gasteiger partial charge in [-0.25, -0.2) is 0 Å². The van der Waals surface area contributed by atoms with Gasteiger partial charge in [-0.2, -0.15) is 0 Å². The summed E-state index contributed by atoms with van der Waals surface area (Å²) in [5.41, 5.74) is 8.59. The SMILES string of the molecule is Cc1sc(Br)cc1C(N)c1ccccc1Br. The molecule has 1 aromatic carbocycles. The fraction of sp³-hybridized carbons (Fsp3) is 0.167. The molecule has 0 radical (unpaired) electrons. The highest BCUT2D eigenvalue weighted by molar-refractivity contribution is 9.11. The molecule has 0 fully saturated rings.